The molecule has 3 aromatic rings. The second-order valence-corrected chi connectivity index (χ2v) is 5.85. The molecule has 0 saturated carbocycles. The molecule has 0 spiro atoms. The van der Waals surface area contributed by atoms with Gasteiger partial charge in [0.05, 0.1) is 5.39 Å². The van der Waals surface area contributed by atoms with Gasteiger partial charge < -0.3 is 15.6 Å². The van der Waals surface area contributed by atoms with Crippen LogP contribution in [0.25, 0.3) is 10.8 Å². The number of nitrogens with one attached hydrogen (secondary N) is 3. The van der Waals surface area contributed by atoms with E-state index in [1.165, 1.54) is 0 Å². The normalized spacial score (nSPS) is 11.0. The van der Waals surface area contributed by atoms with Crippen LogP contribution in [-0.4, -0.2) is 21.0 Å². The second-order valence-electron chi connectivity index (χ2n) is 5.41. The number of nitrogens with zero attached hydrogens (tertiary/aromatic N) is 2. The molecular weight excluding hydrogens is 314 g/mol. The van der Waals surface area contributed by atoms with Crippen molar-refractivity contribution in [3.8, 4) is 0 Å². The van der Waals surface area contributed by atoms with E-state index in [-0.39, 0.29) is 11.6 Å². The summed E-state index contributed by atoms with van der Waals surface area (Å²) in [6.07, 6.45) is 3.23. The summed E-state index contributed by atoms with van der Waals surface area (Å²) < 4.78 is 0. The smallest absolute Gasteiger partial charge is 0.259 e. The first-order chi connectivity index (χ1) is 11.0. The zero-order chi connectivity index (χ0) is 16.4. The van der Waals surface area contributed by atoms with E-state index < -0.39 is 0 Å². The molecule has 0 aliphatic rings. The molecule has 3 N–H and O–H groups in total. The number of anilines is 3. The summed E-state index contributed by atoms with van der Waals surface area (Å²) in [4.78, 5) is 23.5. The van der Waals surface area contributed by atoms with E-state index in [2.05, 4.69) is 25.6 Å². The average Bonchev–Trinajstić information content (AvgIpc) is 2.46. The van der Waals surface area contributed by atoms with E-state index in [0.717, 1.165) is 5.39 Å². The molecule has 0 saturated heterocycles. The third-order valence-corrected chi connectivity index (χ3v) is 3.39. The molecule has 0 unspecified atom stereocenters. The lowest BCUT2D eigenvalue weighted by Crippen LogP contribution is -2.16. The monoisotopic (exact) mass is 329 g/mol. The minimum absolute atomic E-state index is 0.143. The first-order valence-electron chi connectivity index (χ1n) is 7.20. The SMILES string of the molecule is CC(C)Nc1nc(Nc2cc(Cl)ccn2)cc2cc[nH]c(=O)c12. The Labute approximate surface area is 137 Å². The van der Waals surface area contributed by atoms with Gasteiger partial charge >= 0.3 is 0 Å². The largest absolute Gasteiger partial charge is 0.367 e. The number of hydrogen-bond acceptors (Lipinski definition) is 5. The van der Waals surface area contributed by atoms with Gasteiger partial charge in [0.15, 0.2) is 0 Å². The summed E-state index contributed by atoms with van der Waals surface area (Å²) in [5, 5.41) is 8.22. The summed E-state index contributed by atoms with van der Waals surface area (Å²) in [7, 11) is 0. The fourth-order valence-corrected chi connectivity index (χ4v) is 2.42. The third kappa shape index (κ3) is 3.43. The molecule has 7 heteroatoms. The van der Waals surface area contributed by atoms with Crippen molar-refractivity contribution >= 4 is 39.8 Å². The average molecular weight is 330 g/mol. The standard InChI is InChI=1S/C16H16ClN5O/c1-9(2)20-15-14-10(3-5-19-16(14)23)7-13(22-15)21-12-8-11(17)4-6-18-12/h3-9H,1-2H3,(H,19,23)(H2,18,20,21,22). The molecule has 118 valence electrons. The number of rotatable bonds is 4. The summed E-state index contributed by atoms with van der Waals surface area (Å²) in [5.41, 5.74) is -0.175. The van der Waals surface area contributed by atoms with Crippen molar-refractivity contribution < 1.29 is 0 Å². The van der Waals surface area contributed by atoms with Crippen molar-refractivity contribution in [2.45, 2.75) is 19.9 Å². The van der Waals surface area contributed by atoms with Crippen molar-refractivity contribution in [1.82, 2.24) is 15.0 Å². The number of halogens is 1. The molecule has 0 atom stereocenters. The van der Waals surface area contributed by atoms with Crippen LogP contribution in [0.1, 0.15) is 13.8 Å². The first-order valence-corrected chi connectivity index (χ1v) is 7.58. The lowest BCUT2D eigenvalue weighted by Gasteiger charge is -2.14. The fraction of sp³-hybridized carbons (Fsp3) is 0.188. The van der Waals surface area contributed by atoms with Crippen LogP contribution in [0.2, 0.25) is 5.02 Å². The number of aromatic amines is 1. The predicted molar refractivity (Wildman–Crippen MR) is 93.7 cm³/mol. The Hall–Kier alpha value is -2.60. The third-order valence-electron chi connectivity index (χ3n) is 3.16. The van der Waals surface area contributed by atoms with Gasteiger partial charge in [-0.3, -0.25) is 4.79 Å². The van der Waals surface area contributed by atoms with E-state index in [1.54, 1.807) is 30.6 Å². The Kier molecular flexibility index (Phi) is 4.16. The molecule has 3 heterocycles. The molecule has 0 aliphatic heterocycles. The molecule has 23 heavy (non-hydrogen) atoms. The molecule has 0 fully saturated rings. The van der Waals surface area contributed by atoms with E-state index in [0.29, 0.717) is 27.9 Å². The zero-order valence-electron chi connectivity index (χ0n) is 12.7. The highest BCUT2D eigenvalue weighted by Crippen LogP contribution is 2.24. The number of pyridine rings is 3. The highest BCUT2D eigenvalue weighted by molar-refractivity contribution is 6.30. The van der Waals surface area contributed by atoms with Gasteiger partial charge in [0.2, 0.25) is 0 Å². The van der Waals surface area contributed by atoms with Crippen LogP contribution >= 0.6 is 11.6 Å². The second kappa shape index (κ2) is 6.26. The Balaban J connectivity index is 2.09. The van der Waals surface area contributed by atoms with E-state index >= 15 is 0 Å². The highest BCUT2D eigenvalue weighted by Gasteiger charge is 2.11. The van der Waals surface area contributed by atoms with Crippen molar-refractivity contribution in [2.75, 3.05) is 10.6 Å². The molecular formula is C16H16ClN5O. The summed E-state index contributed by atoms with van der Waals surface area (Å²) in [6.45, 7) is 3.98. The Morgan fingerprint density at radius 2 is 2.04 bits per heavy atom. The quantitative estimate of drug-likeness (QED) is 0.682. The molecule has 0 aliphatic carbocycles. The fourth-order valence-electron chi connectivity index (χ4n) is 2.26. The van der Waals surface area contributed by atoms with Crippen LogP contribution in [0.3, 0.4) is 0 Å². The van der Waals surface area contributed by atoms with Gasteiger partial charge in [0.25, 0.3) is 5.56 Å². The Morgan fingerprint density at radius 1 is 1.22 bits per heavy atom. The van der Waals surface area contributed by atoms with Crippen molar-refractivity contribution in [1.29, 1.82) is 0 Å². The van der Waals surface area contributed by atoms with Gasteiger partial charge in [-0.2, -0.15) is 0 Å². The van der Waals surface area contributed by atoms with E-state index in [1.807, 2.05) is 19.9 Å². The zero-order valence-corrected chi connectivity index (χ0v) is 13.5. The Bertz CT molecular complexity index is 906. The number of hydrogen-bond donors (Lipinski definition) is 3. The molecule has 6 nitrogen and oxygen atoms in total. The topological polar surface area (TPSA) is 82.7 Å². The van der Waals surface area contributed by atoms with Crippen LogP contribution in [-0.2, 0) is 0 Å². The van der Waals surface area contributed by atoms with Gasteiger partial charge in [-0.05, 0) is 43.5 Å². The number of aromatic nitrogens is 3. The van der Waals surface area contributed by atoms with Crippen molar-refractivity contribution in [3.63, 3.8) is 0 Å². The molecule has 0 radical (unpaired) electrons. The van der Waals surface area contributed by atoms with Crippen LogP contribution < -0.4 is 16.2 Å². The first kappa shape index (κ1) is 15.3. The maximum Gasteiger partial charge on any atom is 0.259 e. The lowest BCUT2D eigenvalue weighted by atomic mass is 10.2. The maximum absolute atomic E-state index is 12.1. The molecule has 3 rings (SSSR count). The van der Waals surface area contributed by atoms with Crippen LogP contribution in [0, 0.1) is 0 Å². The lowest BCUT2D eigenvalue weighted by molar-refractivity contribution is 0.892. The van der Waals surface area contributed by atoms with Gasteiger partial charge in [0, 0.05) is 23.5 Å². The van der Waals surface area contributed by atoms with Crippen molar-refractivity contribution in [3.05, 3.63) is 52.0 Å². The number of fused-ring (bicyclic) bond motifs is 1. The van der Waals surface area contributed by atoms with Gasteiger partial charge in [-0.15, -0.1) is 0 Å². The van der Waals surface area contributed by atoms with Gasteiger partial charge in [-0.25, -0.2) is 9.97 Å². The highest BCUT2D eigenvalue weighted by atomic mass is 35.5. The van der Waals surface area contributed by atoms with E-state index in [9.17, 15) is 4.79 Å². The molecule has 0 amide bonds. The number of H-pyrrole nitrogens is 1. The predicted octanol–water partition coefficient (Wildman–Crippen LogP) is 3.54. The van der Waals surface area contributed by atoms with Crippen LogP contribution in [0.5, 0.6) is 0 Å². The molecule has 0 bridgehead atoms. The minimum atomic E-state index is -0.175. The van der Waals surface area contributed by atoms with E-state index in [4.69, 9.17) is 11.6 Å². The Morgan fingerprint density at radius 3 is 2.78 bits per heavy atom. The maximum atomic E-state index is 12.1. The van der Waals surface area contributed by atoms with Crippen LogP contribution in [0.4, 0.5) is 17.5 Å². The summed E-state index contributed by atoms with van der Waals surface area (Å²) in [6, 6.07) is 7.19. The molecule has 3 aromatic heterocycles. The molecule has 0 aromatic carbocycles. The van der Waals surface area contributed by atoms with Gasteiger partial charge in [-0.1, -0.05) is 11.6 Å². The van der Waals surface area contributed by atoms with Crippen molar-refractivity contribution in [2.24, 2.45) is 0 Å². The summed E-state index contributed by atoms with van der Waals surface area (Å²) >= 11 is 5.97. The minimum Gasteiger partial charge on any atom is -0.367 e. The van der Waals surface area contributed by atoms with Gasteiger partial charge in [0.1, 0.15) is 17.5 Å². The van der Waals surface area contributed by atoms with Crippen LogP contribution in [0.15, 0.2) is 41.5 Å². The summed E-state index contributed by atoms with van der Waals surface area (Å²) in [5.74, 6) is 1.70.